The van der Waals surface area contributed by atoms with Gasteiger partial charge in [-0.3, -0.25) is 4.55 Å². The van der Waals surface area contributed by atoms with E-state index in [1.807, 2.05) is 6.07 Å². The number of hydrogen-bond donors (Lipinski definition) is 1. The van der Waals surface area contributed by atoms with E-state index in [0.29, 0.717) is 17.7 Å². The average Bonchev–Trinajstić information content (AvgIpc) is 2.59. The summed E-state index contributed by atoms with van der Waals surface area (Å²) in [6.07, 6.45) is 7.02. The fraction of sp³-hybridized carbons (Fsp3) is 0.400. The Morgan fingerprint density at radius 1 is 1.00 bits per heavy atom. The summed E-state index contributed by atoms with van der Waals surface area (Å²) in [5.41, 5.74) is 0.441. The van der Waals surface area contributed by atoms with Crippen LogP contribution in [0.1, 0.15) is 51.0 Å². The molecule has 0 aliphatic rings. The van der Waals surface area contributed by atoms with E-state index < -0.39 is 20.8 Å². The molecule has 5 nitrogen and oxygen atoms in total. The molecule has 27 heavy (non-hydrogen) atoms. The summed E-state index contributed by atoms with van der Waals surface area (Å²) < 4.78 is 37.9. The van der Waals surface area contributed by atoms with Gasteiger partial charge in [-0.05, 0) is 36.6 Å². The number of benzene rings is 2. The Hall–Kier alpha value is -1.05. The Kier molecular flexibility index (Phi) is 10.4. The average molecular weight is 400 g/mol. The van der Waals surface area contributed by atoms with Crippen LogP contribution in [0.15, 0.2) is 47.4 Å². The molecule has 0 radical (unpaired) electrons. The van der Waals surface area contributed by atoms with E-state index in [0.717, 1.165) is 25.3 Å². The monoisotopic (exact) mass is 400 g/mol. The number of hydrogen-bond acceptors (Lipinski definition) is 4. The molecule has 7 heteroatoms. The summed E-state index contributed by atoms with van der Waals surface area (Å²) in [5, 5.41) is 12.4. The Morgan fingerprint density at radius 2 is 1.63 bits per heavy atom. The first kappa shape index (κ1) is 24.0. The first-order valence-electron chi connectivity index (χ1n) is 8.96. The zero-order valence-electron chi connectivity index (χ0n) is 16.0. The van der Waals surface area contributed by atoms with E-state index >= 15 is 0 Å². The molecule has 0 bridgehead atoms. The van der Waals surface area contributed by atoms with Gasteiger partial charge in [-0.2, -0.15) is 8.42 Å². The van der Waals surface area contributed by atoms with Crippen LogP contribution in [0, 0.1) is 0 Å². The van der Waals surface area contributed by atoms with Crippen molar-refractivity contribution >= 4 is 10.1 Å². The molecule has 2 aromatic carbocycles. The van der Waals surface area contributed by atoms with Gasteiger partial charge < -0.3 is 9.84 Å². The maximum atomic E-state index is 12.4. The Balaban J connectivity index is 0.00000364. The first-order valence-corrected chi connectivity index (χ1v) is 10.4. The van der Waals surface area contributed by atoms with E-state index in [4.69, 9.17) is 4.74 Å². The van der Waals surface area contributed by atoms with Gasteiger partial charge in [0.1, 0.15) is 11.5 Å². The minimum atomic E-state index is -4.47. The van der Waals surface area contributed by atoms with Gasteiger partial charge >= 0.3 is 29.6 Å². The van der Waals surface area contributed by atoms with Gasteiger partial charge in [0.2, 0.25) is 0 Å². The maximum Gasteiger partial charge on any atom is 1.00 e. The van der Waals surface area contributed by atoms with E-state index in [-0.39, 0.29) is 35.3 Å². The van der Waals surface area contributed by atoms with Gasteiger partial charge in [0.15, 0.2) is 0 Å². The second-order valence-electron chi connectivity index (χ2n) is 6.31. The van der Waals surface area contributed by atoms with E-state index in [9.17, 15) is 18.1 Å². The SMILES string of the molecule is CCCCCCCCc1c([O-])cc(S(=O)(=O)O)cc1Oc1ccccc1.[Na+]. The van der Waals surface area contributed by atoms with E-state index in [2.05, 4.69) is 6.92 Å². The second-order valence-corrected chi connectivity index (χ2v) is 7.73. The van der Waals surface area contributed by atoms with Crippen LogP contribution in [-0.4, -0.2) is 13.0 Å². The van der Waals surface area contributed by atoms with Crippen molar-refractivity contribution in [2.45, 2.75) is 56.8 Å². The van der Waals surface area contributed by atoms with Crippen molar-refractivity contribution < 1.29 is 52.4 Å². The number of unbranched alkanes of at least 4 members (excludes halogenated alkanes) is 5. The van der Waals surface area contributed by atoms with Crippen LogP contribution in [0.5, 0.6) is 17.2 Å². The van der Waals surface area contributed by atoms with Crippen molar-refractivity contribution in [2.75, 3.05) is 0 Å². The maximum absolute atomic E-state index is 12.4. The van der Waals surface area contributed by atoms with Gasteiger partial charge in [-0.25, -0.2) is 0 Å². The molecule has 142 valence electrons. The largest absolute Gasteiger partial charge is 1.00 e. The molecule has 2 rings (SSSR count). The van der Waals surface area contributed by atoms with Crippen LogP contribution in [0.25, 0.3) is 0 Å². The molecule has 0 amide bonds. The Bertz CT molecular complexity index is 807. The Morgan fingerprint density at radius 3 is 2.26 bits per heavy atom. The molecule has 0 aliphatic heterocycles. The second kappa shape index (κ2) is 11.7. The number of para-hydroxylation sites is 1. The van der Waals surface area contributed by atoms with Crippen molar-refractivity contribution in [2.24, 2.45) is 0 Å². The molecule has 0 fully saturated rings. The molecular formula is C20H25NaO5S. The molecule has 0 saturated heterocycles. The molecule has 0 saturated carbocycles. The standard InChI is InChI=1S/C20H26O5S.Na/c1-2-3-4-5-6-10-13-18-19(21)14-17(26(22,23)24)15-20(18)25-16-11-8-7-9-12-16;/h7-9,11-12,14-15,21H,2-6,10,13H2,1H3,(H,22,23,24);/q;+1/p-1. The van der Waals surface area contributed by atoms with Crippen LogP contribution >= 0.6 is 0 Å². The van der Waals surface area contributed by atoms with E-state index in [1.54, 1.807) is 24.3 Å². The van der Waals surface area contributed by atoms with Crippen molar-refractivity contribution in [3.05, 3.63) is 48.0 Å². The van der Waals surface area contributed by atoms with Gasteiger partial charge in [-0.15, -0.1) is 5.75 Å². The molecule has 0 atom stereocenters. The van der Waals surface area contributed by atoms with Gasteiger partial charge in [0.05, 0.1) is 4.90 Å². The molecule has 1 N–H and O–H groups in total. The third kappa shape index (κ3) is 7.84. The summed E-state index contributed by atoms with van der Waals surface area (Å²) in [6, 6.07) is 11.0. The number of ether oxygens (including phenoxy) is 1. The number of rotatable bonds is 10. The van der Waals surface area contributed by atoms with Crippen LogP contribution < -0.4 is 39.4 Å². The predicted octanol–water partition coefficient (Wildman–Crippen LogP) is 1.71. The molecule has 0 spiro atoms. The normalized spacial score (nSPS) is 11.0. The summed E-state index contributed by atoms with van der Waals surface area (Å²) in [7, 11) is -4.47. The first-order chi connectivity index (χ1) is 12.4. The topological polar surface area (TPSA) is 86.7 Å². The summed E-state index contributed by atoms with van der Waals surface area (Å²) in [4.78, 5) is -0.444. The third-order valence-corrected chi connectivity index (χ3v) is 5.02. The summed E-state index contributed by atoms with van der Waals surface area (Å²) in [5.74, 6) is 0.257. The van der Waals surface area contributed by atoms with Crippen LogP contribution in [0.4, 0.5) is 0 Å². The van der Waals surface area contributed by atoms with Gasteiger partial charge in [-0.1, -0.05) is 57.2 Å². The van der Waals surface area contributed by atoms with Gasteiger partial charge in [0.25, 0.3) is 10.1 Å². The van der Waals surface area contributed by atoms with E-state index in [1.165, 1.54) is 25.3 Å². The molecular weight excluding hydrogens is 375 g/mol. The zero-order valence-corrected chi connectivity index (χ0v) is 18.8. The van der Waals surface area contributed by atoms with Crippen LogP contribution in [0.2, 0.25) is 0 Å². The predicted molar refractivity (Wildman–Crippen MR) is 99.3 cm³/mol. The van der Waals surface area contributed by atoms with Crippen molar-refractivity contribution in [3.63, 3.8) is 0 Å². The summed E-state index contributed by atoms with van der Waals surface area (Å²) >= 11 is 0. The van der Waals surface area contributed by atoms with Crippen LogP contribution in [-0.2, 0) is 16.5 Å². The quantitative estimate of drug-likeness (QED) is 0.373. The third-order valence-electron chi connectivity index (χ3n) is 4.19. The molecule has 2 aromatic rings. The molecule has 0 aromatic heterocycles. The zero-order chi connectivity index (χ0) is 19.0. The molecule has 0 aliphatic carbocycles. The van der Waals surface area contributed by atoms with Crippen LogP contribution in [0.3, 0.4) is 0 Å². The summed E-state index contributed by atoms with van der Waals surface area (Å²) in [6.45, 7) is 2.16. The van der Waals surface area contributed by atoms with Crippen molar-refractivity contribution in [3.8, 4) is 17.2 Å². The molecule has 0 unspecified atom stereocenters. The minimum absolute atomic E-state index is 0. The Labute approximate surface area is 183 Å². The van der Waals surface area contributed by atoms with Gasteiger partial charge in [0, 0.05) is 6.07 Å². The molecule has 0 heterocycles. The smallest absolute Gasteiger partial charge is 0.872 e. The van der Waals surface area contributed by atoms with Crippen molar-refractivity contribution in [1.29, 1.82) is 0 Å². The van der Waals surface area contributed by atoms with Crippen molar-refractivity contribution in [1.82, 2.24) is 0 Å². The fourth-order valence-electron chi connectivity index (χ4n) is 2.78. The fourth-order valence-corrected chi connectivity index (χ4v) is 3.29. The minimum Gasteiger partial charge on any atom is -0.872 e.